The quantitative estimate of drug-likeness (QED) is 0.137. The molecule has 6 heteroatoms. The summed E-state index contributed by atoms with van der Waals surface area (Å²) in [6.07, 6.45) is 0. The largest absolute Gasteiger partial charge is 0.309 e. The van der Waals surface area contributed by atoms with Crippen LogP contribution in [-0.4, -0.2) is 28.7 Å². The lowest BCUT2D eigenvalue weighted by Crippen LogP contribution is -2.07. The highest BCUT2D eigenvalue weighted by Crippen LogP contribution is 2.49. The molecule has 89 heavy (non-hydrogen) atoms. The number of hydrogen-bond acceptors (Lipinski definition) is 3. The van der Waals surface area contributed by atoms with Crippen LogP contribution in [0, 0.1) is 13.8 Å². The second-order valence-corrected chi connectivity index (χ2v) is 23.3. The van der Waals surface area contributed by atoms with E-state index in [2.05, 4.69) is 294 Å². The minimum Gasteiger partial charge on any atom is -0.309 e. The molecule has 0 saturated carbocycles. The molecule has 0 aliphatic carbocycles. The Kier molecular flexibility index (Phi) is 12.2. The molecule has 0 N–H and O–H groups in total. The summed E-state index contributed by atoms with van der Waals surface area (Å²) in [6, 6.07) is 110. The highest BCUT2D eigenvalue weighted by molar-refractivity contribution is 6.15. The van der Waals surface area contributed by atoms with E-state index in [1.165, 1.54) is 43.8 Å². The van der Waals surface area contributed by atoms with Crippen molar-refractivity contribution < 1.29 is 0 Å². The fraction of sp³-hybridized carbons (Fsp3) is 0.0241. The standard InChI is InChI=1S/C83H56N6/c1-53-37-41-55(42-38-53)59-45-47-78-68(49-59)69-50-60(56-43-39-54(2)40-44-56)46-48-79(69)89(78)80-70(66-29-13-19-35-76(66)87-72-31-15-9-25-62(72)63-26-10-16-32-73(63)87)51-61(83-85-81(57-21-5-3-6-22-57)84-82(86-83)58-23-7-4-8-24-58)52-71(80)67-30-14-20-36-77(67)88-74-33-17-11-27-64(74)65-28-12-18-34-75(65)88/h3-52H,1-2H3. The fourth-order valence-electron chi connectivity index (χ4n) is 13.6. The first-order valence-electron chi connectivity index (χ1n) is 30.4. The molecular formula is C83H56N6. The van der Waals surface area contributed by atoms with E-state index in [0.29, 0.717) is 17.5 Å². The third-order valence-corrected chi connectivity index (χ3v) is 17.9. The third-order valence-electron chi connectivity index (χ3n) is 17.9. The van der Waals surface area contributed by atoms with E-state index < -0.39 is 0 Å². The van der Waals surface area contributed by atoms with Crippen molar-refractivity contribution >= 4 is 65.4 Å². The topological polar surface area (TPSA) is 53.5 Å². The normalized spacial score (nSPS) is 11.7. The summed E-state index contributed by atoms with van der Waals surface area (Å²) >= 11 is 0. The van der Waals surface area contributed by atoms with E-state index in [-0.39, 0.29) is 0 Å². The first-order chi connectivity index (χ1) is 44.0. The van der Waals surface area contributed by atoms with Crippen LogP contribution in [0.15, 0.2) is 303 Å². The van der Waals surface area contributed by atoms with E-state index in [4.69, 9.17) is 15.0 Å². The van der Waals surface area contributed by atoms with Crippen molar-refractivity contribution in [3.05, 3.63) is 314 Å². The molecule has 0 atom stereocenters. The number of nitrogens with zero attached hydrogens (tertiary/aromatic N) is 6. The molecule has 0 unspecified atom stereocenters. The SMILES string of the molecule is Cc1ccc(-c2ccc3c(c2)c2cc(-c4ccc(C)cc4)ccc2n3-c2c(-c3ccccc3-n3c4ccccc4c4ccccc43)cc(-c3nc(-c4ccccc4)nc(-c4ccccc4)n3)cc2-c2ccccc2-n2c3ccccc3c3ccccc32)cc1. The molecule has 0 amide bonds. The summed E-state index contributed by atoms with van der Waals surface area (Å²) < 4.78 is 7.47. The maximum Gasteiger partial charge on any atom is 0.164 e. The van der Waals surface area contributed by atoms with E-state index in [1.807, 2.05) is 36.4 Å². The summed E-state index contributed by atoms with van der Waals surface area (Å²) in [5.41, 5.74) is 23.6. The van der Waals surface area contributed by atoms with Crippen molar-refractivity contribution in [2.24, 2.45) is 0 Å². The van der Waals surface area contributed by atoms with Gasteiger partial charge in [0.25, 0.3) is 0 Å². The Balaban J connectivity index is 1.06. The van der Waals surface area contributed by atoms with Crippen LogP contribution in [0.5, 0.6) is 0 Å². The van der Waals surface area contributed by atoms with Crippen LogP contribution in [0.3, 0.4) is 0 Å². The predicted octanol–water partition coefficient (Wildman–Crippen LogP) is 21.4. The molecule has 17 aromatic rings. The second kappa shape index (κ2) is 21.1. The number of aromatic nitrogens is 6. The highest BCUT2D eigenvalue weighted by atomic mass is 15.0. The van der Waals surface area contributed by atoms with Gasteiger partial charge in [-0.1, -0.05) is 242 Å². The molecule has 0 bridgehead atoms. The molecule has 0 aliphatic rings. The lowest BCUT2D eigenvalue weighted by atomic mass is 9.90. The van der Waals surface area contributed by atoms with Crippen LogP contribution >= 0.6 is 0 Å². The molecule has 0 aliphatic heterocycles. The van der Waals surface area contributed by atoms with Gasteiger partial charge < -0.3 is 13.7 Å². The number of rotatable bonds is 10. The first kappa shape index (κ1) is 51.7. The van der Waals surface area contributed by atoms with Crippen molar-refractivity contribution in [2.75, 3.05) is 0 Å². The van der Waals surface area contributed by atoms with Gasteiger partial charge in [-0.3, -0.25) is 0 Å². The van der Waals surface area contributed by atoms with Crippen LogP contribution in [0.1, 0.15) is 11.1 Å². The van der Waals surface area contributed by atoms with Crippen LogP contribution in [0.2, 0.25) is 0 Å². The third kappa shape index (κ3) is 8.67. The molecule has 418 valence electrons. The Bertz CT molecular complexity index is 5170. The van der Waals surface area contributed by atoms with Gasteiger partial charge in [-0.05, 0) is 109 Å². The molecule has 0 saturated heterocycles. The molecule has 4 aromatic heterocycles. The maximum atomic E-state index is 5.52. The van der Waals surface area contributed by atoms with Gasteiger partial charge in [0.2, 0.25) is 0 Å². The van der Waals surface area contributed by atoms with Crippen LogP contribution in [0.4, 0.5) is 0 Å². The van der Waals surface area contributed by atoms with Crippen molar-refractivity contribution in [3.8, 4) is 95.7 Å². The van der Waals surface area contributed by atoms with Gasteiger partial charge in [-0.2, -0.15) is 0 Å². The zero-order valence-electron chi connectivity index (χ0n) is 49.1. The Morgan fingerprint density at radius 1 is 0.213 bits per heavy atom. The monoisotopic (exact) mass is 1140 g/mol. The van der Waals surface area contributed by atoms with E-state index in [1.54, 1.807) is 0 Å². The van der Waals surface area contributed by atoms with Crippen molar-refractivity contribution in [3.63, 3.8) is 0 Å². The second-order valence-electron chi connectivity index (χ2n) is 23.3. The molecule has 6 nitrogen and oxygen atoms in total. The van der Waals surface area contributed by atoms with Gasteiger partial charge in [-0.15, -0.1) is 0 Å². The zero-order chi connectivity index (χ0) is 59.1. The minimum atomic E-state index is 0.558. The van der Waals surface area contributed by atoms with Gasteiger partial charge in [0, 0.05) is 71.3 Å². The number of benzene rings is 13. The fourth-order valence-corrected chi connectivity index (χ4v) is 13.6. The van der Waals surface area contributed by atoms with Crippen LogP contribution in [-0.2, 0) is 0 Å². The summed E-state index contributed by atoms with van der Waals surface area (Å²) in [7, 11) is 0. The molecule has 0 spiro atoms. The predicted molar refractivity (Wildman–Crippen MR) is 370 cm³/mol. The number of aryl methyl sites for hydroxylation is 2. The Morgan fingerprint density at radius 2 is 0.528 bits per heavy atom. The average molecular weight is 1140 g/mol. The van der Waals surface area contributed by atoms with Gasteiger partial charge >= 0.3 is 0 Å². The van der Waals surface area contributed by atoms with Gasteiger partial charge in [0.1, 0.15) is 0 Å². The van der Waals surface area contributed by atoms with E-state index in [0.717, 1.165) is 111 Å². The van der Waals surface area contributed by atoms with Crippen LogP contribution < -0.4 is 0 Å². The summed E-state index contributed by atoms with van der Waals surface area (Å²) in [5.74, 6) is 1.74. The Labute approximate surface area is 515 Å². The smallest absolute Gasteiger partial charge is 0.164 e. The first-order valence-corrected chi connectivity index (χ1v) is 30.4. The maximum absolute atomic E-state index is 5.52. The molecule has 17 rings (SSSR count). The summed E-state index contributed by atoms with van der Waals surface area (Å²) in [5, 5.41) is 7.06. The van der Waals surface area contributed by atoms with E-state index in [9.17, 15) is 0 Å². The lowest BCUT2D eigenvalue weighted by Gasteiger charge is -2.24. The van der Waals surface area contributed by atoms with Crippen LogP contribution in [0.25, 0.3) is 161 Å². The summed E-state index contributed by atoms with van der Waals surface area (Å²) in [4.78, 5) is 16.3. The van der Waals surface area contributed by atoms with E-state index >= 15 is 0 Å². The number of para-hydroxylation sites is 6. The van der Waals surface area contributed by atoms with Gasteiger partial charge in [0.05, 0.1) is 50.2 Å². The minimum absolute atomic E-state index is 0.558. The van der Waals surface area contributed by atoms with Crippen molar-refractivity contribution in [2.45, 2.75) is 13.8 Å². The lowest BCUT2D eigenvalue weighted by molar-refractivity contribution is 1.07. The van der Waals surface area contributed by atoms with Gasteiger partial charge in [0.15, 0.2) is 17.5 Å². The van der Waals surface area contributed by atoms with Gasteiger partial charge in [-0.25, -0.2) is 15.0 Å². The number of hydrogen-bond donors (Lipinski definition) is 0. The highest BCUT2D eigenvalue weighted by Gasteiger charge is 2.28. The molecule has 0 radical (unpaired) electrons. The average Bonchev–Trinajstić information content (AvgIpc) is 1.86. The zero-order valence-corrected chi connectivity index (χ0v) is 49.1. The molecular weight excluding hydrogens is 1080 g/mol. The molecule has 4 heterocycles. The van der Waals surface area contributed by atoms with Crippen molar-refractivity contribution in [1.82, 2.24) is 28.7 Å². The Hall–Kier alpha value is -11.7. The molecule has 0 fully saturated rings. The Morgan fingerprint density at radius 3 is 0.921 bits per heavy atom. The molecule has 13 aromatic carbocycles. The summed E-state index contributed by atoms with van der Waals surface area (Å²) in [6.45, 7) is 4.30. The van der Waals surface area contributed by atoms with Crippen molar-refractivity contribution in [1.29, 1.82) is 0 Å². The number of fused-ring (bicyclic) bond motifs is 9.